The van der Waals surface area contributed by atoms with Gasteiger partial charge in [-0.25, -0.2) is 4.98 Å². The number of carboxylic acids is 1. The Bertz CT molecular complexity index is 1480. The van der Waals surface area contributed by atoms with Gasteiger partial charge in [-0.1, -0.05) is 35.9 Å². The normalized spacial score (nSPS) is 10.7. The Balaban J connectivity index is 1.40. The molecule has 8 heteroatoms. The van der Waals surface area contributed by atoms with Crippen LogP contribution < -0.4 is 10.5 Å². The number of hydrogen-bond donors (Lipinski definition) is 2. The zero-order valence-electron chi connectivity index (χ0n) is 21.8. The lowest BCUT2D eigenvalue weighted by Gasteiger charge is -2.13. The highest BCUT2D eigenvalue weighted by Crippen LogP contribution is 2.29. The van der Waals surface area contributed by atoms with Crippen LogP contribution in [-0.4, -0.2) is 27.6 Å². The molecule has 0 fully saturated rings. The monoisotopic (exact) mass is 556 g/mol. The zero-order chi connectivity index (χ0) is 28.5. The predicted octanol–water partition coefficient (Wildman–Crippen LogP) is 6.76. The highest BCUT2D eigenvalue weighted by Gasteiger charge is 2.13. The predicted molar refractivity (Wildman–Crippen MR) is 154 cm³/mol. The van der Waals surface area contributed by atoms with E-state index in [1.807, 2.05) is 24.3 Å². The number of ether oxygens (including phenoxy) is 1. The lowest BCUT2D eigenvalue weighted by Crippen LogP contribution is -2.05. The summed E-state index contributed by atoms with van der Waals surface area (Å²) in [6.07, 6.45) is 3.78. The number of carboxylic acid groups (broad SMARTS) is 1. The van der Waals surface area contributed by atoms with E-state index in [1.165, 1.54) is 6.20 Å². The summed E-state index contributed by atoms with van der Waals surface area (Å²) < 4.78 is 6.10. The average molecular weight is 557 g/mol. The average Bonchev–Trinajstić information content (AvgIpc) is 2.94. The quantitative estimate of drug-likeness (QED) is 0.175. The summed E-state index contributed by atoms with van der Waals surface area (Å²) in [6.45, 7) is 0. The molecule has 0 amide bonds. The topological polar surface area (TPSA) is 120 Å². The summed E-state index contributed by atoms with van der Waals surface area (Å²) >= 11 is 5.92. The molecule has 0 radical (unpaired) electrons. The number of Topliss-reactive ketones (excluding diaryl/α,β-unsaturated/α-hetero) is 2. The summed E-state index contributed by atoms with van der Waals surface area (Å²) in [5.41, 5.74) is 9.11. The van der Waals surface area contributed by atoms with Crippen molar-refractivity contribution in [3.05, 3.63) is 118 Å². The second-order valence-corrected chi connectivity index (χ2v) is 9.87. The Labute approximate surface area is 237 Å². The van der Waals surface area contributed by atoms with Gasteiger partial charge >= 0.3 is 5.97 Å². The van der Waals surface area contributed by atoms with E-state index in [0.717, 1.165) is 18.4 Å². The lowest BCUT2D eigenvalue weighted by molar-refractivity contribution is -0.136. The van der Waals surface area contributed by atoms with Crippen LogP contribution in [0.3, 0.4) is 0 Å². The number of anilines is 1. The van der Waals surface area contributed by atoms with Gasteiger partial charge < -0.3 is 15.6 Å². The summed E-state index contributed by atoms with van der Waals surface area (Å²) in [5, 5.41) is 9.90. The fourth-order valence-corrected chi connectivity index (χ4v) is 4.39. The van der Waals surface area contributed by atoms with Gasteiger partial charge in [0.05, 0.1) is 6.42 Å². The molecule has 7 nitrogen and oxygen atoms in total. The maximum absolute atomic E-state index is 12.7. The third kappa shape index (κ3) is 8.25. The van der Waals surface area contributed by atoms with Gasteiger partial charge in [-0.15, -0.1) is 0 Å². The van der Waals surface area contributed by atoms with Gasteiger partial charge in [0.1, 0.15) is 17.3 Å². The fourth-order valence-electron chi connectivity index (χ4n) is 4.26. The highest BCUT2D eigenvalue weighted by molar-refractivity contribution is 6.30. The number of nitrogen functional groups attached to an aromatic ring is 1. The van der Waals surface area contributed by atoms with E-state index in [4.69, 9.17) is 22.1 Å². The Hall–Kier alpha value is -4.49. The molecule has 40 heavy (non-hydrogen) atoms. The third-order valence-electron chi connectivity index (χ3n) is 6.40. The number of ketones is 2. The molecule has 0 bridgehead atoms. The molecular weight excluding hydrogens is 528 g/mol. The number of hydrogen-bond acceptors (Lipinski definition) is 6. The molecule has 0 saturated carbocycles. The molecule has 3 N–H and O–H groups in total. The van der Waals surface area contributed by atoms with Gasteiger partial charge in [-0.2, -0.15) is 0 Å². The number of pyridine rings is 1. The molecule has 4 rings (SSSR count). The van der Waals surface area contributed by atoms with Gasteiger partial charge in [-0.3, -0.25) is 14.4 Å². The van der Waals surface area contributed by atoms with E-state index in [9.17, 15) is 19.5 Å². The van der Waals surface area contributed by atoms with Crippen LogP contribution in [0.25, 0.3) is 0 Å². The van der Waals surface area contributed by atoms with Crippen LogP contribution in [0.4, 0.5) is 5.82 Å². The van der Waals surface area contributed by atoms with Crippen molar-refractivity contribution < 1.29 is 24.2 Å². The summed E-state index contributed by atoms with van der Waals surface area (Å²) in [6, 6.07) is 22.9. The summed E-state index contributed by atoms with van der Waals surface area (Å²) in [4.78, 5) is 40.6. The SMILES string of the molecule is Nc1ccc(C(=O)CCc2cc(CC(=O)O)ccc2Oc2ccc(C(=O)CCCc3ccc(Cl)cc3)cc2)cn1. The minimum absolute atomic E-state index is 0.0508. The van der Waals surface area contributed by atoms with E-state index in [1.54, 1.807) is 54.6 Å². The van der Waals surface area contributed by atoms with Crippen molar-refractivity contribution in [1.29, 1.82) is 0 Å². The molecule has 3 aromatic carbocycles. The first-order valence-electron chi connectivity index (χ1n) is 12.9. The van der Waals surface area contributed by atoms with E-state index < -0.39 is 5.97 Å². The van der Waals surface area contributed by atoms with Gasteiger partial charge in [0.2, 0.25) is 0 Å². The largest absolute Gasteiger partial charge is 0.481 e. The molecule has 0 spiro atoms. The smallest absolute Gasteiger partial charge is 0.307 e. The number of rotatable bonds is 13. The molecule has 4 aromatic rings. The van der Waals surface area contributed by atoms with Crippen LogP contribution in [0, 0.1) is 0 Å². The van der Waals surface area contributed by atoms with Crippen LogP contribution >= 0.6 is 11.6 Å². The number of aryl methyl sites for hydroxylation is 2. The first kappa shape index (κ1) is 28.5. The Morgan fingerprint density at radius 2 is 1.48 bits per heavy atom. The first-order valence-corrected chi connectivity index (χ1v) is 13.3. The van der Waals surface area contributed by atoms with Crippen molar-refractivity contribution in [2.45, 2.75) is 38.5 Å². The minimum atomic E-state index is -0.947. The van der Waals surface area contributed by atoms with Gasteiger partial charge in [-0.05, 0) is 90.6 Å². The second kappa shape index (κ2) is 13.5. The van der Waals surface area contributed by atoms with Crippen LogP contribution in [0.1, 0.15) is 56.7 Å². The number of nitrogens with two attached hydrogens (primary N) is 1. The molecule has 0 aliphatic rings. The Kier molecular flexibility index (Phi) is 9.65. The minimum Gasteiger partial charge on any atom is -0.481 e. The maximum atomic E-state index is 12.7. The number of nitrogens with zero attached hydrogens (tertiary/aromatic N) is 1. The van der Waals surface area contributed by atoms with Crippen LogP contribution in [0.15, 0.2) is 85.1 Å². The summed E-state index contributed by atoms with van der Waals surface area (Å²) in [5.74, 6) is 0.366. The molecule has 1 aromatic heterocycles. The number of aromatic nitrogens is 1. The standard InChI is InChI=1S/C32H29ClN2O5/c33-26-11-4-21(5-12-26)2-1-3-28(36)23-7-13-27(14-8-23)40-30-16-6-22(19-32(38)39)18-24(30)9-15-29(37)25-10-17-31(34)35-20-25/h4-8,10-14,16-18,20H,1-3,9,15,19H2,(H2,34,35)(H,38,39). The number of benzene rings is 3. The number of carbonyl (C=O) groups is 3. The molecule has 1 heterocycles. The highest BCUT2D eigenvalue weighted by atomic mass is 35.5. The van der Waals surface area contributed by atoms with Crippen molar-refractivity contribution in [3.63, 3.8) is 0 Å². The van der Waals surface area contributed by atoms with Crippen LogP contribution in [-0.2, 0) is 24.1 Å². The fraction of sp³-hybridized carbons (Fsp3) is 0.188. The first-order chi connectivity index (χ1) is 19.3. The molecule has 0 aliphatic carbocycles. The van der Waals surface area contributed by atoms with Gasteiger partial charge in [0, 0.05) is 35.2 Å². The van der Waals surface area contributed by atoms with E-state index >= 15 is 0 Å². The molecule has 0 atom stereocenters. The number of halogens is 1. The van der Waals surface area contributed by atoms with E-state index in [0.29, 0.717) is 57.4 Å². The van der Waals surface area contributed by atoms with Crippen molar-refractivity contribution >= 4 is 35.0 Å². The number of aliphatic carboxylic acids is 1. The Morgan fingerprint density at radius 3 is 2.15 bits per heavy atom. The second-order valence-electron chi connectivity index (χ2n) is 9.44. The number of carbonyl (C=O) groups excluding carboxylic acids is 2. The van der Waals surface area contributed by atoms with Gasteiger partial charge in [0.15, 0.2) is 11.6 Å². The molecular formula is C32H29ClN2O5. The molecule has 0 saturated heterocycles. The van der Waals surface area contributed by atoms with E-state index in [-0.39, 0.29) is 24.4 Å². The van der Waals surface area contributed by atoms with E-state index in [2.05, 4.69) is 4.98 Å². The zero-order valence-corrected chi connectivity index (χ0v) is 22.6. The summed E-state index contributed by atoms with van der Waals surface area (Å²) in [7, 11) is 0. The van der Waals surface area contributed by atoms with Crippen LogP contribution in [0.2, 0.25) is 5.02 Å². The van der Waals surface area contributed by atoms with Crippen molar-refractivity contribution in [2.75, 3.05) is 5.73 Å². The van der Waals surface area contributed by atoms with Gasteiger partial charge in [0.25, 0.3) is 0 Å². The van der Waals surface area contributed by atoms with Crippen LogP contribution in [0.5, 0.6) is 11.5 Å². The maximum Gasteiger partial charge on any atom is 0.307 e. The van der Waals surface area contributed by atoms with Crippen molar-refractivity contribution in [1.82, 2.24) is 4.98 Å². The third-order valence-corrected chi connectivity index (χ3v) is 6.65. The van der Waals surface area contributed by atoms with Crippen molar-refractivity contribution in [2.24, 2.45) is 0 Å². The van der Waals surface area contributed by atoms with Crippen molar-refractivity contribution in [3.8, 4) is 11.5 Å². The molecule has 0 unspecified atom stereocenters. The lowest BCUT2D eigenvalue weighted by atomic mass is 10.00. The molecule has 0 aliphatic heterocycles. The molecule has 204 valence electrons. The Morgan fingerprint density at radius 1 is 0.800 bits per heavy atom.